The van der Waals surface area contributed by atoms with Crippen LogP contribution in [0.5, 0.6) is 11.5 Å². The summed E-state index contributed by atoms with van der Waals surface area (Å²) in [4.78, 5) is 25.3. The minimum atomic E-state index is -0.452. The number of carbonyl (C=O) groups excluding carboxylic acids is 1. The minimum absolute atomic E-state index is 0.0294. The fraction of sp³-hybridized carbons (Fsp3) is 0.300. The third-order valence-corrected chi connectivity index (χ3v) is 4.65. The van der Waals surface area contributed by atoms with Gasteiger partial charge in [0.2, 0.25) is 0 Å². The third-order valence-electron chi connectivity index (χ3n) is 4.65. The number of carbonyl (C=O) groups is 1. The van der Waals surface area contributed by atoms with Crippen molar-refractivity contribution in [2.75, 3.05) is 32.2 Å². The SMILES string of the molecule is COc1cc(OC)cc(C(=O)N/N=C/c2cc([N+](=O)[O-])ccc2N2CCCC2)c1. The summed E-state index contributed by atoms with van der Waals surface area (Å²) in [6.07, 6.45) is 3.57. The summed E-state index contributed by atoms with van der Waals surface area (Å²) in [5, 5.41) is 15.1. The quantitative estimate of drug-likeness (QED) is 0.437. The smallest absolute Gasteiger partial charge is 0.271 e. The maximum Gasteiger partial charge on any atom is 0.271 e. The summed E-state index contributed by atoms with van der Waals surface area (Å²) in [5.41, 5.74) is 4.16. The van der Waals surface area contributed by atoms with E-state index in [1.165, 1.54) is 32.6 Å². The maximum atomic E-state index is 12.4. The second-order valence-corrected chi connectivity index (χ2v) is 6.49. The van der Waals surface area contributed by atoms with Gasteiger partial charge in [0.15, 0.2) is 0 Å². The molecule has 1 fully saturated rings. The second-order valence-electron chi connectivity index (χ2n) is 6.49. The number of nitro groups is 1. The summed E-state index contributed by atoms with van der Waals surface area (Å²) < 4.78 is 10.3. The van der Waals surface area contributed by atoms with Crippen LogP contribution in [0, 0.1) is 10.1 Å². The molecule has 0 unspecified atom stereocenters. The van der Waals surface area contributed by atoms with E-state index in [0.29, 0.717) is 22.6 Å². The largest absolute Gasteiger partial charge is 0.497 e. The molecule has 9 nitrogen and oxygen atoms in total. The van der Waals surface area contributed by atoms with E-state index in [1.807, 2.05) is 0 Å². The molecule has 1 aliphatic heterocycles. The Balaban J connectivity index is 1.81. The third kappa shape index (κ3) is 4.81. The molecule has 0 radical (unpaired) electrons. The summed E-state index contributed by atoms with van der Waals surface area (Å²) in [6.45, 7) is 1.77. The van der Waals surface area contributed by atoms with Crippen LogP contribution in [0.15, 0.2) is 41.5 Å². The first-order valence-electron chi connectivity index (χ1n) is 9.11. The molecule has 1 heterocycles. The molecule has 1 aliphatic rings. The van der Waals surface area contributed by atoms with Crippen molar-refractivity contribution >= 4 is 23.5 Å². The molecular weight excluding hydrogens is 376 g/mol. The molecular formula is C20H22N4O5. The van der Waals surface area contributed by atoms with E-state index in [9.17, 15) is 14.9 Å². The molecule has 0 bridgehead atoms. The Hall–Kier alpha value is -3.62. The van der Waals surface area contributed by atoms with Crippen LogP contribution in [0.1, 0.15) is 28.8 Å². The Morgan fingerprint density at radius 2 is 1.79 bits per heavy atom. The van der Waals surface area contributed by atoms with Gasteiger partial charge in [-0.2, -0.15) is 5.10 Å². The standard InChI is InChI=1S/C20H22N4O5/c1-28-17-10-14(11-18(12-17)29-2)20(25)22-21-13-15-9-16(24(26)27)5-6-19(15)23-7-3-4-8-23/h5-6,9-13H,3-4,7-8H2,1-2H3,(H,22,25)/b21-13+. The van der Waals surface area contributed by atoms with Crippen molar-refractivity contribution in [1.29, 1.82) is 0 Å². The van der Waals surface area contributed by atoms with E-state index in [2.05, 4.69) is 15.4 Å². The first-order valence-corrected chi connectivity index (χ1v) is 9.11. The zero-order valence-electron chi connectivity index (χ0n) is 16.3. The number of benzene rings is 2. The van der Waals surface area contributed by atoms with Crippen LogP contribution >= 0.6 is 0 Å². The minimum Gasteiger partial charge on any atom is -0.497 e. The van der Waals surface area contributed by atoms with Crippen molar-refractivity contribution in [2.45, 2.75) is 12.8 Å². The Morgan fingerprint density at radius 1 is 1.14 bits per heavy atom. The first kappa shape index (κ1) is 20.1. The normalized spacial score (nSPS) is 13.5. The topological polar surface area (TPSA) is 106 Å². The van der Waals surface area contributed by atoms with E-state index in [-0.39, 0.29) is 5.69 Å². The highest BCUT2D eigenvalue weighted by Crippen LogP contribution is 2.27. The van der Waals surface area contributed by atoms with Gasteiger partial charge in [0.1, 0.15) is 11.5 Å². The Bertz CT molecular complexity index is 916. The predicted molar refractivity (Wildman–Crippen MR) is 109 cm³/mol. The van der Waals surface area contributed by atoms with E-state index >= 15 is 0 Å². The number of rotatable bonds is 7. The van der Waals surface area contributed by atoms with Gasteiger partial charge in [-0.1, -0.05) is 0 Å². The average Bonchev–Trinajstić information content (AvgIpc) is 3.27. The van der Waals surface area contributed by atoms with E-state index in [0.717, 1.165) is 31.6 Å². The molecule has 9 heteroatoms. The number of amides is 1. The molecule has 1 amide bonds. The second kappa shape index (κ2) is 9.05. The van der Waals surface area contributed by atoms with Crippen LogP contribution in [0.25, 0.3) is 0 Å². The number of hydrazone groups is 1. The first-order chi connectivity index (χ1) is 14.0. The lowest BCUT2D eigenvalue weighted by Crippen LogP contribution is -2.20. The number of nitrogens with zero attached hydrogens (tertiary/aromatic N) is 3. The lowest BCUT2D eigenvalue weighted by molar-refractivity contribution is -0.384. The van der Waals surface area contributed by atoms with E-state index in [1.54, 1.807) is 24.3 Å². The zero-order valence-corrected chi connectivity index (χ0v) is 16.3. The van der Waals surface area contributed by atoms with Gasteiger partial charge < -0.3 is 14.4 Å². The van der Waals surface area contributed by atoms with Crippen molar-refractivity contribution in [2.24, 2.45) is 5.10 Å². The van der Waals surface area contributed by atoms with E-state index < -0.39 is 10.8 Å². The molecule has 3 rings (SSSR count). The number of hydrogen-bond donors (Lipinski definition) is 1. The monoisotopic (exact) mass is 398 g/mol. The van der Waals surface area contributed by atoms with Crippen LogP contribution < -0.4 is 19.8 Å². The number of anilines is 1. The molecule has 0 aliphatic carbocycles. The van der Waals surface area contributed by atoms with Gasteiger partial charge in [0, 0.05) is 48.1 Å². The molecule has 0 atom stereocenters. The Labute approximate surface area is 168 Å². The van der Waals surface area contributed by atoms with Crippen molar-refractivity contribution in [3.63, 3.8) is 0 Å². The van der Waals surface area contributed by atoms with Crippen LogP contribution in [-0.4, -0.2) is 44.4 Å². The summed E-state index contributed by atoms with van der Waals surface area (Å²) in [6, 6.07) is 9.45. The summed E-state index contributed by atoms with van der Waals surface area (Å²) in [5.74, 6) is 0.508. The average molecular weight is 398 g/mol. The molecule has 152 valence electrons. The molecule has 2 aromatic carbocycles. The van der Waals surface area contributed by atoms with Gasteiger partial charge in [0.05, 0.1) is 25.4 Å². The Morgan fingerprint density at radius 3 is 2.38 bits per heavy atom. The highest BCUT2D eigenvalue weighted by atomic mass is 16.6. The number of nitro benzene ring substituents is 1. The highest BCUT2D eigenvalue weighted by molar-refractivity contribution is 5.96. The molecule has 29 heavy (non-hydrogen) atoms. The number of ether oxygens (including phenoxy) is 2. The van der Waals surface area contributed by atoms with Crippen molar-refractivity contribution in [1.82, 2.24) is 5.43 Å². The van der Waals surface area contributed by atoms with Crippen LogP contribution in [0.4, 0.5) is 11.4 Å². The van der Waals surface area contributed by atoms with Gasteiger partial charge in [-0.25, -0.2) is 5.43 Å². The lowest BCUT2D eigenvalue weighted by Gasteiger charge is -2.19. The predicted octanol–water partition coefficient (Wildman–Crippen LogP) is 2.98. The number of non-ortho nitro benzene ring substituents is 1. The fourth-order valence-electron chi connectivity index (χ4n) is 3.17. The molecule has 1 N–H and O–H groups in total. The van der Waals surface area contributed by atoms with Crippen molar-refractivity contribution in [3.05, 3.63) is 57.6 Å². The summed E-state index contributed by atoms with van der Waals surface area (Å²) in [7, 11) is 2.99. The molecule has 0 spiro atoms. The van der Waals surface area contributed by atoms with Crippen LogP contribution in [0.2, 0.25) is 0 Å². The highest BCUT2D eigenvalue weighted by Gasteiger charge is 2.18. The zero-order chi connectivity index (χ0) is 20.8. The van der Waals surface area contributed by atoms with Gasteiger partial charge in [-0.05, 0) is 31.0 Å². The molecule has 2 aromatic rings. The molecule has 0 aromatic heterocycles. The molecule has 0 saturated carbocycles. The van der Waals surface area contributed by atoms with Gasteiger partial charge in [0.25, 0.3) is 11.6 Å². The van der Waals surface area contributed by atoms with Crippen molar-refractivity contribution < 1.29 is 19.2 Å². The van der Waals surface area contributed by atoms with Crippen LogP contribution in [-0.2, 0) is 0 Å². The fourth-order valence-corrected chi connectivity index (χ4v) is 3.17. The summed E-state index contributed by atoms with van der Waals surface area (Å²) >= 11 is 0. The maximum absolute atomic E-state index is 12.4. The van der Waals surface area contributed by atoms with Gasteiger partial charge in [-0.3, -0.25) is 14.9 Å². The van der Waals surface area contributed by atoms with Crippen molar-refractivity contribution in [3.8, 4) is 11.5 Å². The number of methoxy groups -OCH3 is 2. The van der Waals surface area contributed by atoms with Gasteiger partial charge >= 0.3 is 0 Å². The number of nitrogens with one attached hydrogen (secondary N) is 1. The lowest BCUT2D eigenvalue weighted by atomic mass is 10.1. The van der Waals surface area contributed by atoms with Gasteiger partial charge in [-0.15, -0.1) is 0 Å². The Kier molecular flexibility index (Phi) is 6.28. The van der Waals surface area contributed by atoms with E-state index in [4.69, 9.17) is 9.47 Å². The molecule has 1 saturated heterocycles. The van der Waals surface area contributed by atoms with Crippen LogP contribution in [0.3, 0.4) is 0 Å². The number of hydrogen-bond acceptors (Lipinski definition) is 7.